The van der Waals surface area contributed by atoms with E-state index >= 15 is 0 Å². The summed E-state index contributed by atoms with van der Waals surface area (Å²) in [7, 11) is 4.14. The Kier molecular flexibility index (Phi) is 7.21. The van der Waals surface area contributed by atoms with Gasteiger partial charge in [0.1, 0.15) is 0 Å². The lowest BCUT2D eigenvalue weighted by Gasteiger charge is -2.12. The van der Waals surface area contributed by atoms with Crippen LogP contribution in [0.15, 0.2) is 0 Å². The smallest absolute Gasteiger partial charge is 0.334 e. The molecule has 0 saturated heterocycles. The molecule has 0 aliphatic rings. The lowest BCUT2D eigenvalue weighted by Crippen LogP contribution is -2.46. The molecule has 0 aromatic rings. The maximum absolute atomic E-state index is 5.37. The lowest BCUT2D eigenvalue weighted by molar-refractivity contribution is 0.143. The molecule has 0 radical (unpaired) electrons. The highest BCUT2D eigenvalue weighted by Crippen LogP contribution is 1.75. The van der Waals surface area contributed by atoms with Crippen LogP contribution in [0.3, 0.4) is 0 Å². The normalized spacial score (nSPS) is 10.8. The van der Waals surface area contributed by atoms with Gasteiger partial charge in [-0.25, -0.2) is 0 Å². The molecule has 0 bridgehead atoms. The number of hydrogen-bond acceptors (Lipinski definition) is 4. The van der Waals surface area contributed by atoms with E-state index in [0.29, 0.717) is 13.2 Å². The van der Waals surface area contributed by atoms with Gasteiger partial charge in [0, 0.05) is 7.11 Å². The van der Waals surface area contributed by atoms with E-state index < -0.39 is 9.36 Å². The van der Waals surface area contributed by atoms with Gasteiger partial charge in [0.25, 0.3) is 0 Å². The van der Waals surface area contributed by atoms with Crippen molar-refractivity contribution in [2.75, 3.05) is 34.4 Å². The molecular formula is C5H16N2O2Si. The summed E-state index contributed by atoms with van der Waals surface area (Å²) < 4.78 is 10.2. The Hall–Kier alpha value is 0.0569. The molecule has 0 heterocycles. The first-order chi connectivity index (χ1) is 4.85. The number of methoxy groups -OCH3 is 1. The minimum Gasteiger partial charge on any atom is -0.392 e. The second-order valence-corrected chi connectivity index (χ2v) is 4.07. The van der Waals surface area contributed by atoms with Gasteiger partial charge >= 0.3 is 9.36 Å². The fourth-order valence-corrected chi connectivity index (χ4v) is 1.51. The summed E-state index contributed by atoms with van der Waals surface area (Å²) in [6, 6.07) is 0. The molecule has 2 N–H and O–H groups in total. The Bertz CT molecular complexity index is 70.7. The molecule has 0 unspecified atom stereocenters. The van der Waals surface area contributed by atoms with Gasteiger partial charge < -0.3 is 19.1 Å². The molecule has 0 aliphatic carbocycles. The molecule has 62 valence electrons. The van der Waals surface area contributed by atoms with E-state index in [0.717, 1.165) is 0 Å². The summed E-state index contributed by atoms with van der Waals surface area (Å²) in [5, 5.41) is 0. The predicted molar refractivity (Wildman–Crippen MR) is 43.1 cm³/mol. The molecule has 0 atom stereocenters. The van der Waals surface area contributed by atoms with Crippen LogP contribution in [-0.2, 0) is 9.16 Å². The zero-order valence-electron chi connectivity index (χ0n) is 6.81. The summed E-state index contributed by atoms with van der Waals surface area (Å²) in [6.07, 6.45) is 0. The molecule has 10 heavy (non-hydrogen) atoms. The fourth-order valence-electron chi connectivity index (χ4n) is 0.560. The number of nitrogens with one attached hydrogen (secondary N) is 2. The predicted octanol–water partition coefficient (Wildman–Crippen LogP) is -1.19. The summed E-state index contributed by atoms with van der Waals surface area (Å²) in [4.78, 5) is 6.12. The highest BCUT2D eigenvalue weighted by molar-refractivity contribution is 6.45. The van der Waals surface area contributed by atoms with Gasteiger partial charge in [0.15, 0.2) is 0 Å². The van der Waals surface area contributed by atoms with Crippen molar-refractivity contribution >= 4 is 9.36 Å². The Morgan fingerprint density at radius 3 is 2.20 bits per heavy atom. The topological polar surface area (TPSA) is 42.5 Å². The third kappa shape index (κ3) is 4.89. The van der Waals surface area contributed by atoms with Gasteiger partial charge in [0.2, 0.25) is 0 Å². The Morgan fingerprint density at radius 1 is 1.20 bits per heavy atom. The van der Waals surface area contributed by atoms with E-state index in [1.54, 1.807) is 7.11 Å². The molecule has 0 saturated carbocycles. The first-order valence-electron chi connectivity index (χ1n) is 3.30. The summed E-state index contributed by atoms with van der Waals surface area (Å²) in [5.74, 6) is 0. The highest BCUT2D eigenvalue weighted by Gasteiger charge is 2.03. The molecule has 0 amide bonds. The quantitative estimate of drug-likeness (QED) is 0.382. The average molecular weight is 164 g/mol. The number of hydrogen-bond donors (Lipinski definition) is 2. The van der Waals surface area contributed by atoms with Crippen LogP contribution in [0.1, 0.15) is 0 Å². The van der Waals surface area contributed by atoms with Crippen molar-refractivity contribution < 1.29 is 9.16 Å². The van der Waals surface area contributed by atoms with Crippen molar-refractivity contribution in [3.63, 3.8) is 0 Å². The van der Waals surface area contributed by atoms with Gasteiger partial charge in [0.05, 0.1) is 13.2 Å². The lowest BCUT2D eigenvalue weighted by atomic mass is 10.8. The van der Waals surface area contributed by atoms with E-state index in [4.69, 9.17) is 9.16 Å². The average Bonchev–Trinajstić information content (AvgIpc) is 1.99. The Labute approximate surface area is 63.8 Å². The summed E-state index contributed by atoms with van der Waals surface area (Å²) in [6.45, 7) is 1.32. The SMILES string of the molecule is CN[SiH](NC)OCCOC. The maximum Gasteiger partial charge on any atom is 0.334 e. The second kappa shape index (κ2) is 7.17. The monoisotopic (exact) mass is 164 g/mol. The minimum absolute atomic E-state index is 0.660. The maximum atomic E-state index is 5.37. The third-order valence-corrected chi connectivity index (χ3v) is 2.71. The third-order valence-electron chi connectivity index (χ3n) is 1.10. The zero-order chi connectivity index (χ0) is 7.82. The molecular weight excluding hydrogens is 148 g/mol. The van der Waals surface area contributed by atoms with Gasteiger partial charge in [-0.15, -0.1) is 0 Å². The largest absolute Gasteiger partial charge is 0.392 e. The zero-order valence-corrected chi connectivity index (χ0v) is 7.96. The Balaban J connectivity index is 3.09. The first kappa shape index (κ1) is 10.1. The van der Waals surface area contributed by atoms with Crippen molar-refractivity contribution in [2.45, 2.75) is 0 Å². The molecule has 0 aromatic carbocycles. The van der Waals surface area contributed by atoms with Crippen LogP contribution < -0.4 is 9.96 Å². The van der Waals surface area contributed by atoms with Gasteiger partial charge in [-0.3, -0.25) is 0 Å². The number of rotatable bonds is 6. The first-order valence-corrected chi connectivity index (χ1v) is 4.92. The molecule has 5 heteroatoms. The molecule has 4 nitrogen and oxygen atoms in total. The minimum atomic E-state index is -1.30. The summed E-state index contributed by atoms with van der Waals surface area (Å²) in [5.41, 5.74) is 0. The molecule has 0 fully saturated rings. The van der Waals surface area contributed by atoms with Crippen LogP contribution in [0.25, 0.3) is 0 Å². The van der Waals surface area contributed by atoms with Crippen molar-refractivity contribution in [3.05, 3.63) is 0 Å². The van der Waals surface area contributed by atoms with Crippen LogP contribution in [0, 0.1) is 0 Å². The molecule has 0 rings (SSSR count). The molecule has 0 spiro atoms. The van der Waals surface area contributed by atoms with Crippen LogP contribution in [0.5, 0.6) is 0 Å². The van der Waals surface area contributed by atoms with E-state index in [1.165, 1.54) is 0 Å². The van der Waals surface area contributed by atoms with Crippen molar-refractivity contribution in [3.8, 4) is 0 Å². The van der Waals surface area contributed by atoms with Crippen LogP contribution in [-0.4, -0.2) is 43.8 Å². The Morgan fingerprint density at radius 2 is 1.80 bits per heavy atom. The van der Waals surface area contributed by atoms with Crippen LogP contribution in [0.2, 0.25) is 0 Å². The highest BCUT2D eigenvalue weighted by atomic mass is 28.3. The molecule has 0 aliphatic heterocycles. The van der Waals surface area contributed by atoms with E-state index in [1.807, 2.05) is 14.1 Å². The van der Waals surface area contributed by atoms with Gasteiger partial charge in [-0.05, 0) is 14.1 Å². The fraction of sp³-hybridized carbons (Fsp3) is 1.00. The van der Waals surface area contributed by atoms with Crippen molar-refractivity contribution in [1.82, 2.24) is 9.96 Å². The number of ether oxygens (including phenoxy) is 1. The van der Waals surface area contributed by atoms with E-state index in [9.17, 15) is 0 Å². The van der Waals surface area contributed by atoms with Crippen LogP contribution >= 0.6 is 0 Å². The molecule has 0 aromatic heterocycles. The van der Waals surface area contributed by atoms with Gasteiger partial charge in [-0.1, -0.05) is 0 Å². The second-order valence-electron chi connectivity index (χ2n) is 1.82. The standard InChI is InChI=1S/C5H16N2O2Si/c1-6-10(7-2)9-5-4-8-3/h6-7,10H,4-5H2,1-3H3. The summed E-state index contributed by atoms with van der Waals surface area (Å²) >= 11 is 0. The van der Waals surface area contributed by atoms with Gasteiger partial charge in [-0.2, -0.15) is 0 Å². The van der Waals surface area contributed by atoms with Crippen molar-refractivity contribution in [1.29, 1.82) is 0 Å². The van der Waals surface area contributed by atoms with Crippen LogP contribution in [0.4, 0.5) is 0 Å². The van der Waals surface area contributed by atoms with E-state index in [2.05, 4.69) is 9.96 Å². The van der Waals surface area contributed by atoms with Crippen molar-refractivity contribution in [2.24, 2.45) is 0 Å². The van der Waals surface area contributed by atoms with E-state index in [-0.39, 0.29) is 0 Å².